The molecule has 4 aliphatic rings. The van der Waals surface area contributed by atoms with E-state index in [1.165, 1.54) is 7.11 Å². The third kappa shape index (κ3) is 3.54. The fraction of sp³-hybridized carbons (Fsp3) is 0.552. The molecule has 210 valence electrons. The summed E-state index contributed by atoms with van der Waals surface area (Å²) < 4.78 is 5.82. The summed E-state index contributed by atoms with van der Waals surface area (Å²) in [7, 11) is 4.81. The highest BCUT2D eigenvalue weighted by molar-refractivity contribution is 6.25. The Hall–Kier alpha value is -3.21. The van der Waals surface area contributed by atoms with Crippen molar-refractivity contribution in [2.24, 2.45) is 11.8 Å². The Morgan fingerprint density at radius 1 is 1.15 bits per heavy atom. The number of aliphatic hydroxyl groups excluding tert-OH is 2. The number of rotatable bonds is 5. The third-order valence-corrected chi connectivity index (χ3v) is 9.30. The number of ketones is 3. The molecule has 1 heterocycles. The summed E-state index contributed by atoms with van der Waals surface area (Å²) >= 11 is 0. The molecule has 0 amide bonds. The van der Waals surface area contributed by atoms with Gasteiger partial charge in [0, 0.05) is 47.3 Å². The third-order valence-electron chi connectivity index (χ3n) is 9.30. The molecule has 0 unspecified atom stereocenters. The molecule has 0 saturated carbocycles. The van der Waals surface area contributed by atoms with Gasteiger partial charge in [-0.25, -0.2) is 0 Å². The molecular formula is C29H36N2O8. The molecule has 5 atom stereocenters. The molecule has 4 N–H and O–H groups in total. The fourth-order valence-corrected chi connectivity index (χ4v) is 7.18. The van der Waals surface area contributed by atoms with Gasteiger partial charge >= 0.3 is 0 Å². The number of carbonyl (C=O) groups excluding carboxylic acids is 3. The predicted octanol–water partition coefficient (Wildman–Crippen LogP) is 2.35. The van der Waals surface area contributed by atoms with E-state index >= 15 is 0 Å². The van der Waals surface area contributed by atoms with Crippen molar-refractivity contribution in [3.05, 3.63) is 44.9 Å². The summed E-state index contributed by atoms with van der Waals surface area (Å²) in [5.41, 5.74) is -1.35. The Morgan fingerprint density at radius 2 is 1.79 bits per heavy atom. The van der Waals surface area contributed by atoms with Crippen LogP contribution in [0.2, 0.25) is 0 Å². The number of Topliss-reactive ketones (excluding diaryl/α,β-unsaturated/α-hetero) is 3. The summed E-state index contributed by atoms with van der Waals surface area (Å²) in [6, 6.07) is -0.711. The molecule has 1 aromatic rings. The van der Waals surface area contributed by atoms with Gasteiger partial charge in [0.2, 0.25) is 5.78 Å². The first kappa shape index (κ1) is 27.4. The molecule has 1 aliphatic heterocycles. The van der Waals surface area contributed by atoms with Crippen LogP contribution < -0.4 is 4.74 Å². The van der Waals surface area contributed by atoms with E-state index in [0.717, 1.165) is 18.9 Å². The molecule has 0 fully saturated rings. The molecule has 0 aromatic heterocycles. The van der Waals surface area contributed by atoms with Gasteiger partial charge in [-0.3, -0.25) is 24.2 Å². The zero-order valence-corrected chi connectivity index (χ0v) is 23.2. The minimum Gasteiger partial charge on any atom is -0.510 e. The van der Waals surface area contributed by atoms with E-state index in [9.17, 15) is 34.8 Å². The number of hydrogen-bond acceptors (Lipinski definition) is 10. The van der Waals surface area contributed by atoms with Crippen LogP contribution in [-0.2, 0) is 29.1 Å². The highest BCUT2D eigenvalue weighted by atomic mass is 16.5. The Bertz CT molecular complexity index is 1380. The zero-order chi connectivity index (χ0) is 28.7. The Labute approximate surface area is 227 Å². The topological polar surface area (TPSA) is 148 Å². The number of likely N-dealkylation sites (N-methyl/N-ethyl adjacent to an activating group) is 1. The number of carbonyl (C=O) groups is 3. The lowest BCUT2D eigenvalue weighted by molar-refractivity contribution is -0.148. The lowest BCUT2D eigenvalue weighted by Crippen LogP contribution is -2.63. The van der Waals surface area contributed by atoms with E-state index < -0.39 is 57.9 Å². The van der Waals surface area contributed by atoms with Gasteiger partial charge in [-0.15, -0.1) is 0 Å². The summed E-state index contributed by atoms with van der Waals surface area (Å²) in [4.78, 5) is 43.7. The minimum absolute atomic E-state index is 0.00838. The number of allylic oxidation sites excluding steroid dienone is 1. The number of benzene rings is 1. The number of aromatic hydroxyl groups is 1. The number of nitrogens with zero attached hydrogens (tertiary/aromatic N) is 2. The van der Waals surface area contributed by atoms with Gasteiger partial charge in [0.15, 0.2) is 17.2 Å². The maximum absolute atomic E-state index is 14.0. The number of methoxy groups -OCH3 is 1. The van der Waals surface area contributed by atoms with Gasteiger partial charge in [-0.05, 0) is 53.1 Å². The molecule has 10 heteroatoms. The minimum atomic E-state index is -2.58. The highest BCUT2D eigenvalue weighted by Crippen LogP contribution is 2.55. The summed E-state index contributed by atoms with van der Waals surface area (Å²) in [6.45, 7) is 6.27. The maximum atomic E-state index is 14.0. The quantitative estimate of drug-likeness (QED) is 0.410. The number of hydrogen-bond donors (Lipinski definition) is 4. The molecule has 3 aliphatic carbocycles. The van der Waals surface area contributed by atoms with Crippen molar-refractivity contribution in [2.75, 3.05) is 21.2 Å². The normalized spacial score (nSPS) is 29.3. The lowest BCUT2D eigenvalue weighted by atomic mass is 9.58. The van der Waals surface area contributed by atoms with Crippen LogP contribution in [-0.4, -0.2) is 86.5 Å². The first-order valence-corrected chi connectivity index (χ1v) is 13.3. The fourth-order valence-electron chi connectivity index (χ4n) is 7.18. The molecule has 0 radical (unpaired) electrons. The molecule has 1 aromatic carbocycles. The highest BCUT2D eigenvalue weighted by Gasteiger charge is 2.63. The van der Waals surface area contributed by atoms with Gasteiger partial charge in [0.05, 0.1) is 18.7 Å². The largest absolute Gasteiger partial charge is 0.510 e. The van der Waals surface area contributed by atoms with Crippen LogP contribution in [0, 0.1) is 11.8 Å². The Kier molecular flexibility index (Phi) is 6.44. The number of aliphatic hydroxyl groups is 3. The van der Waals surface area contributed by atoms with Crippen LogP contribution in [0.1, 0.15) is 60.7 Å². The van der Waals surface area contributed by atoms with Crippen LogP contribution in [0.25, 0.3) is 0 Å². The van der Waals surface area contributed by atoms with Crippen LogP contribution in [0.5, 0.6) is 11.5 Å². The summed E-state index contributed by atoms with van der Waals surface area (Å²) in [6.07, 6.45) is 1.20. The van der Waals surface area contributed by atoms with Crippen molar-refractivity contribution in [2.45, 2.75) is 70.8 Å². The molecule has 0 spiro atoms. The SMILES string of the molecule is CC[C@H](C)N1Cc2c(O)c3c(c(OC)c2C1)C[C@H]1C[C@H]2[C@H](N(C)C)C(O)=C(C(C)=O)C(=O)[C@@]2(O)C(O)=C1C3=O. The molecule has 39 heavy (non-hydrogen) atoms. The van der Waals surface area contributed by atoms with E-state index in [-0.39, 0.29) is 35.8 Å². The molecule has 5 rings (SSSR count). The number of phenols is 1. The van der Waals surface area contributed by atoms with Gasteiger partial charge in [-0.2, -0.15) is 0 Å². The van der Waals surface area contributed by atoms with Gasteiger partial charge in [-0.1, -0.05) is 6.92 Å². The number of phenolic OH excluding ortho intramolecular Hbond substituents is 1. The van der Waals surface area contributed by atoms with E-state index in [4.69, 9.17) is 4.74 Å². The Morgan fingerprint density at radius 3 is 2.36 bits per heavy atom. The monoisotopic (exact) mass is 540 g/mol. The van der Waals surface area contributed by atoms with Crippen LogP contribution >= 0.6 is 0 Å². The molecule has 10 nitrogen and oxygen atoms in total. The van der Waals surface area contributed by atoms with Crippen molar-refractivity contribution in [1.29, 1.82) is 0 Å². The lowest BCUT2D eigenvalue weighted by Gasteiger charge is -2.50. The molecule has 0 bridgehead atoms. The number of ether oxygens (including phenoxy) is 1. The summed E-state index contributed by atoms with van der Waals surface area (Å²) in [5, 5.41) is 45.7. The predicted molar refractivity (Wildman–Crippen MR) is 141 cm³/mol. The standard InChI is InChI=1S/C29H36N2O8/c1-7-12(2)31-10-16-17(11-31)26(39-6)15-8-14-9-18-22(30(4)5)25(35)19(13(3)32)27(36)29(18,38)28(37)20(14)24(34)21(15)23(16)33/h12,14,18,22,33,35,37-38H,7-11H2,1-6H3/t12-,14-,18-,22-,29+/m0/s1. The number of fused-ring (bicyclic) bond motifs is 4. The average Bonchev–Trinajstić information content (AvgIpc) is 3.31. The Balaban J connectivity index is 1.70. The smallest absolute Gasteiger partial charge is 0.209 e. The van der Waals surface area contributed by atoms with Crippen LogP contribution in [0.15, 0.2) is 22.7 Å². The van der Waals surface area contributed by atoms with Crippen molar-refractivity contribution >= 4 is 17.3 Å². The summed E-state index contributed by atoms with van der Waals surface area (Å²) in [5.74, 6) is -5.11. The van der Waals surface area contributed by atoms with Crippen molar-refractivity contribution < 1.29 is 39.5 Å². The van der Waals surface area contributed by atoms with Crippen LogP contribution in [0.4, 0.5) is 0 Å². The second-order valence-electron chi connectivity index (χ2n) is 11.5. The van der Waals surface area contributed by atoms with E-state index in [2.05, 4.69) is 18.7 Å². The molecular weight excluding hydrogens is 504 g/mol. The molecule has 0 saturated heterocycles. The van der Waals surface area contributed by atoms with E-state index in [0.29, 0.717) is 30.0 Å². The van der Waals surface area contributed by atoms with Crippen molar-refractivity contribution in [3.8, 4) is 11.5 Å². The first-order valence-electron chi connectivity index (χ1n) is 13.3. The van der Waals surface area contributed by atoms with Gasteiger partial charge in [0.1, 0.15) is 28.6 Å². The van der Waals surface area contributed by atoms with Gasteiger partial charge in [0.25, 0.3) is 0 Å². The average molecular weight is 541 g/mol. The van der Waals surface area contributed by atoms with E-state index in [1.807, 2.05) is 0 Å². The van der Waals surface area contributed by atoms with Crippen molar-refractivity contribution in [1.82, 2.24) is 9.80 Å². The maximum Gasteiger partial charge on any atom is 0.209 e. The van der Waals surface area contributed by atoms with E-state index in [1.54, 1.807) is 19.0 Å². The zero-order valence-electron chi connectivity index (χ0n) is 23.2. The second-order valence-corrected chi connectivity index (χ2v) is 11.5. The van der Waals surface area contributed by atoms with Crippen LogP contribution in [0.3, 0.4) is 0 Å². The first-order chi connectivity index (χ1) is 18.3. The second kappa shape index (κ2) is 9.18. The van der Waals surface area contributed by atoms with Crippen molar-refractivity contribution in [3.63, 3.8) is 0 Å². The van der Waals surface area contributed by atoms with Gasteiger partial charge < -0.3 is 25.2 Å².